The summed E-state index contributed by atoms with van der Waals surface area (Å²) in [4.78, 5) is 12.4. The Morgan fingerprint density at radius 3 is 2.76 bits per heavy atom. The molecule has 0 aliphatic carbocycles. The van der Waals surface area contributed by atoms with Crippen molar-refractivity contribution < 1.29 is 4.39 Å². The summed E-state index contributed by atoms with van der Waals surface area (Å²) in [6.45, 7) is 1.86. The van der Waals surface area contributed by atoms with Crippen molar-refractivity contribution in [1.82, 2.24) is 24.6 Å². The molecule has 0 aliphatic heterocycles. The lowest BCUT2D eigenvalue weighted by Gasteiger charge is -2.19. The molecule has 10 heteroatoms. The standard InChI is InChI=1S/C19H14ClFN8/c1-10(26-18-12(7-22)17(23)24-9-25-18)13-8-29-19(14(21)16(20)28-29)27-15(13)11-5-3-2-4-6-11/h2-6,8-10H,1H3,(H3,23,24,25,26)/t10-/m0/s1. The summed E-state index contributed by atoms with van der Waals surface area (Å²) in [6, 6.07) is 11.0. The van der Waals surface area contributed by atoms with Crippen LogP contribution in [-0.2, 0) is 0 Å². The number of nitrogen functional groups attached to an aromatic ring is 1. The molecular formula is C19H14ClFN8. The molecule has 0 bridgehead atoms. The Balaban J connectivity index is 1.86. The third-order valence-electron chi connectivity index (χ3n) is 4.40. The highest BCUT2D eigenvalue weighted by Gasteiger charge is 2.21. The molecule has 4 aromatic rings. The normalized spacial score (nSPS) is 11.9. The van der Waals surface area contributed by atoms with E-state index < -0.39 is 5.82 Å². The van der Waals surface area contributed by atoms with Crippen LogP contribution in [0.3, 0.4) is 0 Å². The van der Waals surface area contributed by atoms with Crippen LogP contribution in [0.15, 0.2) is 42.9 Å². The zero-order valence-corrected chi connectivity index (χ0v) is 15.9. The Morgan fingerprint density at radius 1 is 1.28 bits per heavy atom. The molecule has 0 spiro atoms. The molecule has 8 nitrogen and oxygen atoms in total. The van der Waals surface area contributed by atoms with Gasteiger partial charge in [0, 0.05) is 17.3 Å². The van der Waals surface area contributed by atoms with Gasteiger partial charge in [-0.3, -0.25) is 0 Å². The third kappa shape index (κ3) is 3.30. The van der Waals surface area contributed by atoms with Crippen LogP contribution >= 0.6 is 11.6 Å². The fourth-order valence-electron chi connectivity index (χ4n) is 2.98. The van der Waals surface area contributed by atoms with E-state index in [0.717, 1.165) is 5.56 Å². The van der Waals surface area contributed by atoms with Crippen molar-refractivity contribution in [3.63, 3.8) is 0 Å². The van der Waals surface area contributed by atoms with E-state index in [0.29, 0.717) is 11.3 Å². The Bertz CT molecular complexity index is 1250. The summed E-state index contributed by atoms with van der Waals surface area (Å²) in [5.74, 6) is -0.322. The molecule has 0 unspecified atom stereocenters. The van der Waals surface area contributed by atoms with Crippen LogP contribution in [0.25, 0.3) is 16.9 Å². The second kappa shape index (κ2) is 7.33. The first-order valence-corrected chi connectivity index (χ1v) is 8.94. The first-order chi connectivity index (χ1) is 14.0. The topological polar surface area (TPSA) is 118 Å². The lowest BCUT2D eigenvalue weighted by atomic mass is 10.0. The highest BCUT2D eigenvalue weighted by Crippen LogP contribution is 2.31. The highest BCUT2D eigenvalue weighted by atomic mass is 35.5. The molecule has 0 amide bonds. The summed E-state index contributed by atoms with van der Waals surface area (Å²) >= 11 is 5.84. The molecule has 144 valence electrons. The van der Waals surface area contributed by atoms with E-state index in [1.165, 1.54) is 10.8 Å². The SMILES string of the molecule is C[C@H](Nc1ncnc(N)c1C#N)c1cn2nc(Cl)c(F)c2nc1-c1ccccc1. The molecule has 0 radical (unpaired) electrons. The van der Waals surface area contributed by atoms with Gasteiger partial charge in [0.25, 0.3) is 0 Å². The molecule has 4 rings (SSSR count). The number of hydrogen-bond acceptors (Lipinski definition) is 7. The van der Waals surface area contributed by atoms with Crippen LogP contribution in [0.1, 0.15) is 24.1 Å². The third-order valence-corrected chi connectivity index (χ3v) is 4.64. The van der Waals surface area contributed by atoms with Gasteiger partial charge in [-0.1, -0.05) is 41.9 Å². The maximum absolute atomic E-state index is 14.3. The molecule has 1 atom stereocenters. The number of nitrogens with two attached hydrogens (primary N) is 1. The smallest absolute Gasteiger partial charge is 0.206 e. The Kier molecular flexibility index (Phi) is 4.70. The van der Waals surface area contributed by atoms with Crippen molar-refractivity contribution in [3.05, 3.63) is 65.0 Å². The van der Waals surface area contributed by atoms with Gasteiger partial charge in [-0.05, 0) is 6.92 Å². The van der Waals surface area contributed by atoms with Crippen LogP contribution in [0.4, 0.5) is 16.0 Å². The Hall–Kier alpha value is -3.77. The maximum atomic E-state index is 14.3. The molecule has 29 heavy (non-hydrogen) atoms. The second-order valence-corrected chi connectivity index (χ2v) is 6.60. The number of nitrogens with one attached hydrogen (secondary N) is 1. The van der Waals surface area contributed by atoms with E-state index in [1.807, 2.05) is 43.3 Å². The summed E-state index contributed by atoms with van der Waals surface area (Å²) in [7, 11) is 0. The number of fused-ring (bicyclic) bond motifs is 1. The molecule has 1 aromatic carbocycles. The number of halogens is 2. The minimum atomic E-state index is -0.689. The second-order valence-electron chi connectivity index (χ2n) is 6.24. The van der Waals surface area contributed by atoms with Gasteiger partial charge in [0.05, 0.1) is 11.7 Å². The van der Waals surface area contributed by atoms with Crippen molar-refractivity contribution in [2.24, 2.45) is 0 Å². The molecular weight excluding hydrogens is 395 g/mol. The van der Waals surface area contributed by atoms with E-state index in [4.69, 9.17) is 17.3 Å². The highest BCUT2D eigenvalue weighted by molar-refractivity contribution is 6.29. The van der Waals surface area contributed by atoms with Gasteiger partial charge in [0.1, 0.15) is 29.6 Å². The van der Waals surface area contributed by atoms with Crippen molar-refractivity contribution in [1.29, 1.82) is 5.26 Å². The van der Waals surface area contributed by atoms with Crippen LogP contribution in [-0.4, -0.2) is 24.6 Å². The number of benzene rings is 1. The van der Waals surface area contributed by atoms with E-state index in [2.05, 4.69) is 25.4 Å². The first-order valence-electron chi connectivity index (χ1n) is 8.56. The minimum absolute atomic E-state index is 0.0220. The van der Waals surface area contributed by atoms with Gasteiger partial charge in [0.2, 0.25) is 5.82 Å². The fourth-order valence-corrected chi connectivity index (χ4v) is 3.14. The van der Waals surface area contributed by atoms with E-state index in [1.54, 1.807) is 6.20 Å². The van der Waals surface area contributed by atoms with Crippen molar-refractivity contribution in [2.45, 2.75) is 13.0 Å². The quantitative estimate of drug-likeness (QED) is 0.529. The monoisotopic (exact) mass is 408 g/mol. The van der Waals surface area contributed by atoms with Gasteiger partial charge >= 0.3 is 0 Å². The number of aromatic nitrogens is 5. The van der Waals surface area contributed by atoms with Gasteiger partial charge in [-0.15, -0.1) is 0 Å². The average Bonchev–Trinajstić information content (AvgIpc) is 3.01. The zero-order chi connectivity index (χ0) is 20.5. The van der Waals surface area contributed by atoms with Crippen LogP contribution in [0.5, 0.6) is 0 Å². The first kappa shape index (κ1) is 18.6. The summed E-state index contributed by atoms with van der Waals surface area (Å²) in [5.41, 5.74) is 7.97. The number of nitriles is 1. The molecule has 0 saturated heterocycles. The lowest BCUT2D eigenvalue weighted by Crippen LogP contribution is -2.14. The molecule has 3 N–H and O–H groups in total. The molecule has 0 aliphatic rings. The van der Waals surface area contributed by atoms with E-state index in [-0.39, 0.29) is 34.0 Å². The minimum Gasteiger partial charge on any atom is -0.382 e. The predicted molar refractivity (Wildman–Crippen MR) is 107 cm³/mol. The summed E-state index contributed by atoms with van der Waals surface area (Å²) in [6.07, 6.45) is 2.92. The van der Waals surface area contributed by atoms with E-state index >= 15 is 0 Å². The van der Waals surface area contributed by atoms with Crippen LogP contribution in [0, 0.1) is 17.1 Å². The molecule has 3 aromatic heterocycles. The maximum Gasteiger partial charge on any atom is 0.206 e. The zero-order valence-electron chi connectivity index (χ0n) is 15.1. The largest absolute Gasteiger partial charge is 0.382 e. The van der Waals surface area contributed by atoms with Gasteiger partial charge < -0.3 is 11.1 Å². The summed E-state index contributed by atoms with van der Waals surface area (Å²) in [5, 5.41) is 16.2. The van der Waals surface area contributed by atoms with Gasteiger partial charge in [0.15, 0.2) is 10.8 Å². The van der Waals surface area contributed by atoms with Crippen molar-refractivity contribution >= 4 is 28.9 Å². The van der Waals surface area contributed by atoms with Crippen LogP contribution < -0.4 is 11.1 Å². The fraction of sp³-hybridized carbons (Fsp3) is 0.105. The van der Waals surface area contributed by atoms with Crippen molar-refractivity contribution in [2.75, 3.05) is 11.1 Å². The molecule has 0 saturated carbocycles. The lowest BCUT2D eigenvalue weighted by molar-refractivity contribution is 0.636. The number of rotatable bonds is 4. The van der Waals surface area contributed by atoms with Gasteiger partial charge in [-0.2, -0.15) is 14.8 Å². The van der Waals surface area contributed by atoms with Crippen LogP contribution in [0.2, 0.25) is 5.15 Å². The predicted octanol–water partition coefficient (Wildman–Crippen LogP) is 3.61. The van der Waals surface area contributed by atoms with Gasteiger partial charge in [-0.25, -0.2) is 19.5 Å². The number of anilines is 2. The Labute approximate surface area is 169 Å². The molecule has 3 heterocycles. The number of hydrogen-bond donors (Lipinski definition) is 2. The average molecular weight is 409 g/mol. The van der Waals surface area contributed by atoms with Crippen molar-refractivity contribution in [3.8, 4) is 17.3 Å². The number of nitrogens with zero attached hydrogens (tertiary/aromatic N) is 6. The summed E-state index contributed by atoms with van der Waals surface area (Å²) < 4.78 is 15.6. The molecule has 0 fully saturated rings. The van der Waals surface area contributed by atoms with E-state index in [9.17, 15) is 9.65 Å². The Morgan fingerprint density at radius 2 is 2.03 bits per heavy atom.